The van der Waals surface area contributed by atoms with Gasteiger partial charge in [-0.2, -0.15) is 0 Å². The molecule has 0 amide bonds. The third kappa shape index (κ3) is 0.856. The van der Waals surface area contributed by atoms with E-state index in [4.69, 9.17) is 0 Å². The zero-order chi connectivity index (χ0) is 8.89. The molecule has 2 atom stereocenters. The van der Waals surface area contributed by atoms with Crippen molar-refractivity contribution < 1.29 is 0 Å². The first kappa shape index (κ1) is 7.57. The standard InChI is InChI=1S/C12H15N/c1-12(9-5-3-2-4-6-9)10-7-13-8-11(10)12/h2-6,10-11,13H,7-8H2,1H3. The number of fused-ring (bicyclic) bond motifs is 1. The Kier molecular flexibility index (Phi) is 1.37. The lowest BCUT2D eigenvalue weighted by atomic mass is 9.93. The Bertz CT molecular complexity index is 307. The second-order valence-electron chi connectivity index (χ2n) is 4.52. The molecule has 1 saturated heterocycles. The summed E-state index contributed by atoms with van der Waals surface area (Å²) in [5.74, 6) is 1.80. The summed E-state index contributed by atoms with van der Waals surface area (Å²) < 4.78 is 0. The molecule has 3 rings (SSSR count). The molecule has 1 heterocycles. The Morgan fingerprint density at radius 3 is 2.38 bits per heavy atom. The van der Waals surface area contributed by atoms with Crippen molar-refractivity contribution in [1.82, 2.24) is 5.32 Å². The quantitative estimate of drug-likeness (QED) is 0.682. The van der Waals surface area contributed by atoms with Gasteiger partial charge < -0.3 is 5.32 Å². The molecule has 1 aromatic carbocycles. The van der Waals surface area contributed by atoms with Crippen LogP contribution in [0.25, 0.3) is 0 Å². The topological polar surface area (TPSA) is 12.0 Å². The van der Waals surface area contributed by atoms with Crippen LogP contribution in [0.15, 0.2) is 30.3 Å². The molecule has 0 aromatic heterocycles. The maximum Gasteiger partial charge on any atom is 0.00122 e. The predicted octanol–water partition coefficient (Wildman–Crippen LogP) is 1.79. The molecule has 2 aliphatic rings. The van der Waals surface area contributed by atoms with Crippen LogP contribution in [0.3, 0.4) is 0 Å². The zero-order valence-corrected chi connectivity index (χ0v) is 7.96. The fourth-order valence-corrected chi connectivity index (χ4v) is 3.03. The van der Waals surface area contributed by atoms with Gasteiger partial charge >= 0.3 is 0 Å². The average Bonchev–Trinajstić information content (AvgIpc) is 2.62. The summed E-state index contributed by atoms with van der Waals surface area (Å²) >= 11 is 0. The highest BCUT2D eigenvalue weighted by Gasteiger charge is 2.63. The highest BCUT2D eigenvalue weighted by molar-refractivity contribution is 5.37. The number of nitrogens with one attached hydrogen (secondary N) is 1. The summed E-state index contributed by atoms with van der Waals surface area (Å²) in [5, 5.41) is 3.45. The van der Waals surface area contributed by atoms with Gasteiger partial charge in [-0.3, -0.25) is 0 Å². The van der Waals surface area contributed by atoms with E-state index in [-0.39, 0.29) is 0 Å². The molecule has 0 spiro atoms. The maximum atomic E-state index is 3.45. The molecule has 68 valence electrons. The zero-order valence-electron chi connectivity index (χ0n) is 7.96. The first-order valence-electron chi connectivity index (χ1n) is 5.09. The summed E-state index contributed by atoms with van der Waals surface area (Å²) in [6, 6.07) is 11.0. The molecular weight excluding hydrogens is 158 g/mol. The molecule has 0 bridgehead atoms. The van der Waals surface area contributed by atoms with E-state index < -0.39 is 0 Å². The first-order valence-corrected chi connectivity index (χ1v) is 5.09. The monoisotopic (exact) mass is 173 g/mol. The van der Waals surface area contributed by atoms with Crippen LogP contribution < -0.4 is 5.32 Å². The smallest absolute Gasteiger partial charge is 0.00122 e. The lowest BCUT2D eigenvalue weighted by Gasteiger charge is -2.15. The van der Waals surface area contributed by atoms with Crippen molar-refractivity contribution >= 4 is 0 Å². The van der Waals surface area contributed by atoms with E-state index in [0.29, 0.717) is 5.41 Å². The van der Waals surface area contributed by atoms with E-state index in [0.717, 1.165) is 11.8 Å². The first-order chi connectivity index (χ1) is 6.33. The van der Waals surface area contributed by atoms with Crippen LogP contribution in [-0.2, 0) is 5.41 Å². The highest BCUT2D eigenvalue weighted by atomic mass is 15.0. The van der Waals surface area contributed by atoms with Crippen LogP contribution in [0.5, 0.6) is 0 Å². The molecule has 0 radical (unpaired) electrons. The lowest BCUT2D eigenvalue weighted by molar-refractivity contribution is 0.558. The van der Waals surface area contributed by atoms with Crippen molar-refractivity contribution in [2.75, 3.05) is 13.1 Å². The number of hydrogen-bond acceptors (Lipinski definition) is 1. The van der Waals surface area contributed by atoms with Crippen molar-refractivity contribution in [3.8, 4) is 0 Å². The number of benzene rings is 1. The predicted molar refractivity (Wildman–Crippen MR) is 53.6 cm³/mol. The van der Waals surface area contributed by atoms with Crippen molar-refractivity contribution in [2.45, 2.75) is 12.3 Å². The van der Waals surface area contributed by atoms with Crippen LogP contribution in [0, 0.1) is 11.8 Å². The van der Waals surface area contributed by atoms with Gasteiger partial charge in [-0.1, -0.05) is 37.3 Å². The number of rotatable bonds is 1. The Labute approximate surface area is 79.2 Å². The van der Waals surface area contributed by atoms with Crippen molar-refractivity contribution in [2.24, 2.45) is 11.8 Å². The van der Waals surface area contributed by atoms with Crippen LogP contribution in [0.2, 0.25) is 0 Å². The molecule has 2 unspecified atom stereocenters. The third-order valence-corrected chi connectivity index (χ3v) is 4.04. The van der Waals surface area contributed by atoms with Gasteiger partial charge in [-0.05, 0) is 30.5 Å². The Morgan fingerprint density at radius 1 is 1.15 bits per heavy atom. The Morgan fingerprint density at radius 2 is 1.77 bits per heavy atom. The lowest BCUT2D eigenvalue weighted by Crippen LogP contribution is -2.22. The van der Waals surface area contributed by atoms with E-state index in [9.17, 15) is 0 Å². The molecular formula is C12H15N. The minimum absolute atomic E-state index is 0.493. The van der Waals surface area contributed by atoms with Gasteiger partial charge in [0, 0.05) is 5.41 Å². The van der Waals surface area contributed by atoms with Gasteiger partial charge in [0.25, 0.3) is 0 Å². The minimum atomic E-state index is 0.493. The molecule has 1 aromatic rings. The normalized spacial score (nSPS) is 41.6. The number of hydrogen-bond donors (Lipinski definition) is 1. The summed E-state index contributed by atoms with van der Waals surface area (Å²) in [4.78, 5) is 0. The fourth-order valence-electron chi connectivity index (χ4n) is 3.03. The van der Waals surface area contributed by atoms with Crippen LogP contribution in [-0.4, -0.2) is 13.1 Å². The van der Waals surface area contributed by atoms with E-state index in [2.05, 4.69) is 42.6 Å². The highest BCUT2D eigenvalue weighted by Crippen LogP contribution is 2.61. The second-order valence-corrected chi connectivity index (χ2v) is 4.52. The van der Waals surface area contributed by atoms with Crippen LogP contribution in [0.1, 0.15) is 12.5 Å². The van der Waals surface area contributed by atoms with Gasteiger partial charge in [0.2, 0.25) is 0 Å². The molecule has 2 fully saturated rings. The molecule has 13 heavy (non-hydrogen) atoms. The van der Waals surface area contributed by atoms with Crippen molar-refractivity contribution in [3.63, 3.8) is 0 Å². The van der Waals surface area contributed by atoms with E-state index >= 15 is 0 Å². The Hall–Kier alpha value is -0.820. The summed E-state index contributed by atoms with van der Waals surface area (Å²) in [7, 11) is 0. The van der Waals surface area contributed by atoms with E-state index in [1.54, 1.807) is 0 Å². The van der Waals surface area contributed by atoms with E-state index in [1.807, 2.05) is 0 Å². The molecule has 1 aliphatic carbocycles. The number of piperidine rings is 1. The molecule has 1 aliphatic heterocycles. The Balaban J connectivity index is 1.95. The van der Waals surface area contributed by atoms with Crippen LogP contribution in [0.4, 0.5) is 0 Å². The summed E-state index contributed by atoms with van der Waals surface area (Å²) in [6.07, 6.45) is 0. The molecule has 1 nitrogen and oxygen atoms in total. The summed E-state index contributed by atoms with van der Waals surface area (Å²) in [5.41, 5.74) is 2.03. The average molecular weight is 173 g/mol. The van der Waals surface area contributed by atoms with Crippen molar-refractivity contribution in [1.29, 1.82) is 0 Å². The maximum absolute atomic E-state index is 3.45. The van der Waals surface area contributed by atoms with Gasteiger partial charge in [-0.15, -0.1) is 0 Å². The molecule has 1 saturated carbocycles. The largest absolute Gasteiger partial charge is 0.316 e. The fraction of sp³-hybridized carbons (Fsp3) is 0.500. The molecule has 1 heteroatoms. The second kappa shape index (κ2) is 2.36. The van der Waals surface area contributed by atoms with E-state index in [1.165, 1.54) is 18.7 Å². The van der Waals surface area contributed by atoms with Gasteiger partial charge in [0.15, 0.2) is 0 Å². The van der Waals surface area contributed by atoms with Gasteiger partial charge in [-0.25, -0.2) is 0 Å². The van der Waals surface area contributed by atoms with Crippen LogP contribution >= 0.6 is 0 Å². The minimum Gasteiger partial charge on any atom is -0.316 e. The third-order valence-electron chi connectivity index (χ3n) is 4.04. The van der Waals surface area contributed by atoms with Gasteiger partial charge in [0.05, 0.1) is 0 Å². The summed E-state index contributed by atoms with van der Waals surface area (Å²) in [6.45, 7) is 4.85. The van der Waals surface area contributed by atoms with Crippen molar-refractivity contribution in [3.05, 3.63) is 35.9 Å². The SMILES string of the molecule is CC1(c2ccccc2)C2CNCC21. The molecule has 1 N–H and O–H groups in total. The van der Waals surface area contributed by atoms with Gasteiger partial charge in [0.1, 0.15) is 0 Å².